The van der Waals surface area contributed by atoms with Crippen molar-refractivity contribution in [2.75, 3.05) is 0 Å². The highest BCUT2D eigenvalue weighted by Gasteiger charge is 2.41. The lowest BCUT2D eigenvalue weighted by Gasteiger charge is -2.48. The lowest BCUT2D eigenvalue weighted by molar-refractivity contribution is 0.0278. The monoisotopic (exact) mass is 1100 g/mol. The van der Waals surface area contributed by atoms with Gasteiger partial charge in [0.05, 0.1) is 0 Å². The molecule has 84 heavy (non-hydrogen) atoms. The summed E-state index contributed by atoms with van der Waals surface area (Å²) >= 11 is 0. The van der Waals surface area contributed by atoms with Crippen LogP contribution < -0.4 is 0 Å². The Morgan fingerprint density at radius 3 is 1.18 bits per heavy atom. The van der Waals surface area contributed by atoms with Gasteiger partial charge in [0, 0.05) is 0 Å². The SMILES string of the molecule is C1CCC2C(C1)CCC1CCCCC12.c1cc2c(c3c1CCCC3)CCCC2.c1ccc2c(c1)CCC1CCCCC21.c1ccc2c(c1)CCc1ccccc1-2.c1ccc2c(c1)ccc1ccccc12.c1ccc2c3c(ccc2c1)CCCC3. The number of hydrogen-bond donors (Lipinski definition) is 0. The molecule has 9 aliphatic rings. The molecule has 9 aromatic carbocycles. The Morgan fingerprint density at radius 2 is 0.607 bits per heavy atom. The summed E-state index contributed by atoms with van der Waals surface area (Å²) in [5, 5.41) is 8.17. The molecule has 0 aliphatic heterocycles. The van der Waals surface area contributed by atoms with Gasteiger partial charge in [0.2, 0.25) is 0 Å². The van der Waals surface area contributed by atoms with Crippen molar-refractivity contribution in [2.45, 2.75) is 199 Å². The average Bonchev–Trinajstić information content (AvgIpc) is 3.74. The molecule has 0 aromatic heterocycles. The van der Waals surface area contributed by atoms with Crippen molar-refractivity contribution in [2.24, 2.45) is 29.6 Å². The average molecular weight is 1110 g/mol. The normalized spacial score (nSPS) is 23.0. The summed E-state index contributed by atoms with van der Waals surface area (Å²) in [5.41, 5.74) is 19.2. The highest BCUT2D eigenvalue weighted by molar-refractivity contribution is 6.07. The Kier molecular flexibility index (Phi) is 18.9. The first-order valence-corrected chi connectivity index (χ1v) is 34.4. The molecule has 6 unspecified atom stereocenters. The standard InChI is InChI=1S/C14H24.2C14H18.C14H14.C14H12.C14H10/c6*1-3-7-13-11(5-1)9-10-12-6-2-4-8-14(12)13/h11-14H,1-10H2;9-10H,1-8H2;1,3,5,7,12,14H,2,4,6,8-10H2;1,3,5,7,9-10H,2,4,6,8H2;1-8H,9-10H2;1-10H. The van der Waals surface area contributed by atoms with Crippen molar-refractivity contribution in [1.29, 1.82) is 0 Å². The van der Waals surface area contributed by atoms with Crippen LogP contribution in [0.2, 0.25) is 0 Å². The number of benzene rings is 9. The zero-order valence-corrected chi connectivity index (χ0v) is 51.0. The summed E-state index contributed by atoms with van der Waals surface area (Å²) in [6, 6.07) is 66.1. The Hall–Kier alpha value is -6.24. The van der Waals surface area contributed by atoms with Gasteiger partial charge in [-0.25, -0.2) is 0 Å². The first-order chi connectivity index (χ1) is 41.7. The van der Waals surface area contributed by atoms with Crippen LogP contribution in [0.15, 0.2) is 182 Å². The second-order valence-corrected chi connectivity index (χ2v) is 27.1. The third kappa shape index (κ3) is 13.1. The van der Waals surface area contributed by atoms with E-state index in [1.54, 1.807) is 109 Å². The van der Waals surface area contributed by atoms with E-state index < -0.39 is 0 Å². The van der Waals surface area contributed by atoms with E-state index in [2.05, 4.69) is 182 Å². The van der Waals surface area contributed by atoms with E-state index >= 15 is 0 Å². The van der Waals surface area contributed by atoms with Crippen LogP contribution in [-0.2, 0) is 57.8 Å². The van der Waals surface area contributed by atoms with Gasteiger partial charge >= 0.3 is 0 Å². The van der Waals surface area contributed by atoms with Crippen LogP contribution in [0, 0.1) is 29.6 Å². The van der Waals surface area contributed by atoms with E-state index in [4.69, 9.17) is 0 Å². The van der Waals surface area contributed by atoms with E-state index in [9.17, 15) is 0 Å². The topological polar surface area (TPSA) is 0 Å². The maximum atomic E-state index is 2.40. The van der Waals surface area contributed by atoms with E-state index in [-0.39, 0.29) is 0 Å². The van der Waals surface area contributed by atoms with Crippen LogP contribution in [0.4, 0.5) is 0 Å². The maximum Gasteiger partial charge on any atom is -0.0105 e. The van der Waals surface area contributed by atoms with Crippen LogP contribution in [0.1, 0.15) is 196 Å². The number of aryl methyl sites for hydroxylation is 7. The number of hydrogen-bond acceptors (Lipinski definition) is 0. The lowest BCUT2D eigenvalue weighted by Crippen LogP contribution is -2.38. The minimum absolute atomic E-state index is 0.911. The van der Waals surface area contributed by atoms with Crippen LogP contribution >= 0.6 is 0 Å². The minimum Gasteiger partial charge on any atom is -0.0620 e. The summed E-state index contributed by atoms with van der Waals surface area (Å²) in [5.74, 6) is 6.57. The highest BCUT2D eigenvalue weighted by atomic mass is 14.5. The fraction of sp³-hybridized carbons (Fsp3) is 0.429. The van der Waals surface area contributed by atoms with Crippen molar-refractivity contribution in [3.8, 4) is 11.1 Å². The number of fused-ring (bicyclic) bond motifs is 18. The van der Waals surface area contributed by atoms with Crippen LogP contribution in [-0.4, -0.2) is 0 Å². The van der Waals surface area contributed by atoms with Gasteiger partial charge in [-0.05, 0) is 276 Å². The summed E-state index contributed by atoms with van der Waals surface area (Å²) in [7, 11) is 0. The predicted molar refractivity (Wildman–Crippen MR) is 361 cm³/mol. The lowest BCUT2D eigenvalue weighted by atomic mass is 9.58. The van der Waals surface area contributed by atoms with Gasteiger partial charge in [-0.15, -0.1) is 0 Å². The van der Waals surface area contributed by atoms with Gasteiger partial charge in [0.25, 0.3) is 0 Å². The molecular formula is C84H96. The Balaban J connectivity index is 0.0000000940. The molecular weight excluding hydrogens is 1010 g/mol. The summed E-state index contributed by atoms with van der Waals surface area (Å²) in [6.07, 6.45) is 43.0. The summed E-state index contributed by atoms with van der Waals surface area (Å²) in [6.45, 7) is 0. The molecule has 6 atom stereocenters. The first kappa shape index (κ1) is 56.9. The fourth-order valence-electron chi connectivity index (χ4n) is 18.0. The van der Waals surface area contributed by atoms with Gasteiger partial charge < -0.3 is 0 Å². The predicted octanol–water partition coefficient (Wildman–Crippen LogP) is 22.9. The molecule has 0 radical (unpaired) electrons. The maximum absolute atomic E-state index is 2.40. The van der Waals surface area contributed by atoms with Gasteiger partial charge in [-0.2, -0.15) is 0 Å². The molecule has 432 valence electrons. The smallest absolute Gasteiger partial charge is 0.0105 e. The van der Waals surface area contributed by atoms with E-state index in [1.165, 1.54) is 195 Å². The molecule has 0 amide bonds. The van der Waals surface area contributed by atoms with Crippen LogP contribution in [0.5, 0.6) is 0 Å². The molecule has 0 spiro atoms. The van der Waals surface area contributed by atoms with Crippen molar-refractivity contribution in [1.82, 2.24) is 0 Å². The number of rotatable bonds is 0. The second kappa shape index (κ2) is 27.9. The molecule has 0 heterocycles. The first-order valence-electron chi connectivity index (χ1n) is 34.4. The molecule has 0 saturated heterocycles. The van der Waals surface area contributed by atoms with Gasteiger partial charge in [0.15, 0.2) is 0 Å². The van der Waals surface area contributed by atoms with E-state index in [0.29, 0.717) is 0 Å². The quantitative estimate of drug-likeness (QED) is 0.133. The van der Waals surface area contributed by atoms with Gasteiger partial charge in [-0.3, -0.25) is 0 Å². The molecule has 0 bridgehead atoms. The minimum atomic E-state index is 0.911. The fourth-order valence-corrected chi connectivity index (χ4v) is 18.0. The highest BCUT2D eigenvalue weighted by Crippen LogP contribution is 2.51. The third-order valence-corrected chi connectivity index (χ3v) is 22.3. The molecule has 0 heteroatoms. The molecule has 4 saturated carbocycles. The van der Waals surface area contributed by atoms with Crippen molar-refractivity contribution in [3.63, 3.8) is 0 Å². The molecule has 18 rings (SSSR count). The molecule has 0 nitrogen and oxygen atoms in total. The van der Waals surface area contributed by atoms with E-state index in [1.807, 2.05) is 0 Å². The summed E-state index contributed by atoms with van der Waals surface area (Å²) in [4.78, 5) is 0. The van der Waals surface area contributed by atoms with Crippen LogP contribution in [0.25, 0.3) is 43.4 Å². The van der Waals surface area contributed by atoms with Crippen molar-refractivity contribution >= 4 is 32.3 Å². The van der Waals surface area contributed by atoms with Crippen molar-refractivity contribution < 1.29 is 0 Å². The van der Waals surface area contributed by atoms with E-state index in [0.717, 1.165) is 23.7 Å². The third-order valence-electron chi connectivity index (χ3n) is 22.3. The van der Waals surface area contributed by atoms with Gasteiger partial charge in [-0.1, -0.05) is 233 Å². The molecule has 4 fully saturated rings. The Morgan fingerprint density at radius 1 is 0.214 bits per heavy atom. The molecule has 9 aromatic rings. The molecule has 9 aliphatic carbocycles. The largest absolute Gasteiger partial charge is 0.0620 e. The zero-order valence-electron chi connectivity index (χ0n) is 51.0. The van der Waals surface area contributed by atoms with Crippen LogP contribution in [0.3, 0.4) is 0 Å². The van der Waals surface area contributed by atoms with Gasteiger partial charge in [0.1, 0.15) is 0 Å². The van der Waals surface area contributed by atoms with Crippen molar-refractivity contribution in [3.05, 3.63) is 238 Å². The molecule has 0 N–H and O–H groups in total. The zero-order chi connectivity index (χ0) is 56.3. The Bertz CT molecular complexity index is 3450. The second-order valence-electron chi connectivity index (χ2n) is 27.1. The Labute approximate surface area is 506 Å². The summed E-state index contributed by atoms with van der Waals surface area (Å²) < 4.78 is 0.